The molecule has 0 spiro atoms. The van der Waals surface area contributed by atoms with Crippen LogP contribution in [0.5, 0.6) is 34.5 Å². The number of amides is 1. The van der Waals surface area contributed by atoms with E-state index in [2.05, 4.69) is 5.32 Å². The largest absolute Gasteiger partial charge is 0.504 e. The fourth-order valence-corrected chi connectivity index (χ4v) is 4.14. The van der Waals surface area contributed by atoms with Crippen LogP contribution in [0.15, 0.2) is 45.6 Å². The van der Waals surface area contributed by atoms with Crippen molar-refractivity contribution in [1.29, 1.82) is 0 Å². The van der Waals surface area contributed by atoms with Crippen molar-refractivity contribution >= 4 is 11.6 Å². The van der Waals surface area contributed by atoms with E-state index in [9.17, 15) is 14.7 Å². The topological polar surface area (TPSA) is 126 Å². The molecule has 1 aromatic heterocycles. The zero-order valence-electron chi connectivity index (χ0n) is 19.8. The number of anilines is 1. The standard InChI is InChI=1S/C25H25NO9/c1-12-8-17-21(25(29)34-12)20(13-6-7-16(30-2)15(27)9-13)23(35-17)24(28)26-14-10-18(31-3)22(33-5)19(11-14)32-4/h6-11,20,23,27H,1-5H3,(H,26,28)/t20-,23+/m0/s1. The number of rotatable bonds is 7. The Balaban J connectivity index is 1.75. The van der Waals surface area contributed by atoms with E-state index < -0.39 is 23.6 Å². The molecule has 0 saturated carbocycles. The van der Waals surface area contributed by atoms with Gasteiger partial charge in [-0.15, -0.1) is 0 Å². The van der Waals surface area contributed by atoms with Gasteiger partial charge < -0.3 is 38.5 Å². The lowest BCUT2D eigenvalue weighted by Crippen LogP contribution is -2.35. The first-order valence-electron chi connectivity index (χ1n) is 10.6. The third kappa shape index (κ3) is 4.30. The zero-order valence-corrected chi connectivity index (χ0v) is 19.8. The molecule has 1 aliphatic heterocycles. The maximum Gasteiger partial charge on any atom is 0.343 e. The maximum atomic E-state index is 13.5. The number of carbonyl (C=O) groups excluding carboxylic acids is 1. The van der Waals surface area contributed by atoms with Crippen LogP contribution in [0, 0.1) is 6.92 Å². The van der Waals surface area contributed by atoms with E-state index in [-0.39, 0.29) is 22.8 Å². The monoisotopic (exact) mass is 483 g/mol. The van der Waals surface area contributed by atoms with Crippen LogP contribution in [0.4, 0.5) is 5.69 Å². The van der Waals surface area contributed by atoms with Crippen molar-refractivity contribution in [2.24, 2.45) is 0 Å². The second-order valence-electron chi connectivity index (χ2n) is 7.77. The summed E-state index contributed by atoms with van der Waals surface area (Å²) in [6.07, 6.45) is -1.14. The van der Waals surface area contributed by atoms with Gasteiger partial charge in [-0.1, -0.05) is 6.07 Å². The van der Waals surface area contributed by atoms with Gasteiger partial charge >= 0.3 is 5.63 Å². The van der Waals surface area contributed by atoms with Crippen LogP contribution in [0.3, 0.4) is 0 Å². The molecule has 0 radical (unpaired) electrons. The summed E-state index contributed by atoms with van der Waals surface area (Å²) >= 11 is 0. The van der Waals surface area contributed by atoms with E-state index in [0.717, 1.165) is 0 Å². The summed E-state index contributed by atoms with van der Waals surface area (Å²) in [5.41, 5.74) is 0.403. The Labute approximate surface area is 200 Å². The summed E-state index contributed by atoms with van der Waals surface area (Å²) in [5, 5.41) is 13.1. The molecule has 10 nitrogen and oxygen atoms in total. The fourth-order valence-electron chi connectivity index (χ4n) is 4.14. The van der Waals surface area contributed by atoms with Crippen LogP contribution in [0.2, 0.25) is 0 Å². The van der Waals surface area contributed by atoms with E-state index >= 15 is 0 Å². The van der Waals surface area contributed by atoms with Crippen molar-refractivity contribution in [2.45, 2.75) is 18.9 Å². The molecule has 35 heavy (non-hydrogen) atoms. The number of ether oxygens (including phenoxy) is 5. The highest BCUT2D eigenvalue weighted by molar-refractivity contribution is 5.97. The van der Waals surface area contributed by atoms with Crippen LogP contribution in [0.1, 0.15) is 22.8 Å². The Morgan fingerprint density at radius 3 is 2.17 bits per heavy atom. The molecule has 10 heteroatoms. The Bertz CT molecular complexity index is 1310. The van der Waals surface area contributed by atoms with Gasteiger partial charge in [0.2, 0.25) is 5.75 Å². The number of phenolic OH excluding ortho intramolecular Hbond substituents is 1. The van der Waals surface area contributed by atoms with Gasteiger partial charge in [0.1, 0.15) is 11.5 Å². The molecule has 4 rings (SSSR count). The number of hydrogen-bond acceptors (Lipinski definition) is 9. The molecular formula is C25H25NO9. The van der Waals surface area contributed by atoms with Crippen molar-refractivity contribution in [3.8, 4) is 34.5 Å². The average Bonchev–Trinajstić information content (AvgIpc) is 3.23. The minimum Gasteiger partial charge on any atom is -0.504 e. The van der Waals surface area contributed by atoms with Gasteiger partial charge in [0.25, 0.3) is 5.91 Å². The number of nitrogens with one attached hydrogen (secondary N) is 1. The highest BCUT2D eigenvalue weighted by Gasteiger charge is 2.43. The second-order valence-corrected chi connectivity index (χ2v) is 7.77. The van der Waals surface area contributed by atoms with Crippen LogP contribution in [-0.2, 0) is 4.79 Å². The minimum atomic E-state index is -1.14. The van der Waals surface area contributed by atoms with Crippen LogP contribution in [0.25, 0.3) is 0 Å². The first-order valence-corrected chi connectivity index (χ1v) is 10.6. The quantitative estimate of drug-likeness (QED) is 0.521. The van der Waals surface area contributed by atoms with Gasteiger partial charge in [-0.25, -0.2) is 4.79 Å². The molecule has 0 bridgehead atoms. The third-order valence-corrected chi connectivity index (χ3v) is 5.69. The van der Waals surface area contributed by atoms with Gasteiger partial charge in [0.15, 0.2) is 29.1 Å². The molecule has 0 unspecified atom stereocenters. The maximum absolute atomic E-state index is 13.5. The Morgan fingerprint density at radius 1 is 0.943 bits per heavy atom. The molecule has 2 N–H and O–H groups in total. The predicted octanol–water partition coefficient (Wildman–Crippen LogP) is 3.22. The number of hydrogen-bond donors (Lipinski definition) is 2. The number of methoxy groups -OCH3 is 4. The fraction of sp³-hybridized carbons (Fsp3) is 0.280. The molecule has 1 amide bonds. The SMILES string of the molecule is COc1ccc([C@H]2c3c(cc(C)oc3=O)O[C@H]2C(=O)Nc2cc(OC)c(OC)c(OC)c2)cc1O. The Morgan fingerprint density at radius 2 is 1.60 bits per heavy atom. The summed E-state index contributed by atoms with van der Waals surface area (Å²) in [7, 11) is 5.83. The lowest BCUT2D eigenvalue weighted by Gasteiger charge is -2.20. The molecule has 2 atom stereocenters. The van der Waals surface area contributed by atoms with E-state index in [0.29, 0.717) is 34.3 Å². The number of fused-ring (bicyclic) bond motifs is 1. The molecule has 2 heterocycles. The summed E-state index contributed by atoms with van der Waals surface area (Å²) in [5.74, 6) is 0.392. The van der Waals surface area contributed by atoms with E-state index in [1.54, 1.807) is 37.3 Å². The van der Waals surface area contributed by atoms with Gasteiger partial charge in [-0.3, -0.25) is 4.79 Å². The van der Waals surface area contributed by atoms with E-state index in [4.69, 9.17) is 28.1 Å². The van der Waals surface area contributed by atoms with Gasteiger partial charge in [0.05, 0.1) is 39.9 Å². The van der Waals surface area contributed by atoms with Gasteiger partial charge in [-0.05, 0) is 24.6 Å². The zero-order chi connectivity index (χ0) is 25.3. The first-order chi connectivity index (χ1) is 16.8. The lowest BCUT2D eigenvalue weighted by atomic mass is 9.88. The molecule has 184 valence electrons. The van der Waals surface area contributed by atoms with E-state index in [1.165, 1.54) is 34.5 Å². The number of benzene rings is 2. The molecule has 0 aliphatic carbocycles. The van der Waals surface area contributed by atoms with E-state index in [1.807, 2.05) is 0 Å². The van der Waals surface area contributed by atoms with Crippen LogP contribution >= 0.6 is 0 Å². The number of carbonyl (C=O) groups is 1. The van der Waals surface area contributed by atoms with Gasteiger partial charge in [-0.2, -0.15) is 0 Å². The van der Waals surface area contributed by atoms with Crippen LogP contribution < -0.4 is 34.6 Å². The van der Waals surface area contributed by atoms with Gasteiger partial charge in [0, 0.05) is 23.9 Å². The molecule has 0 fully saturated rings. The molecular weight excluding hydrogens is 458 g/mol. The molecule has 3 aromatic rings. The number of phenols is 1. The minimum absolute atomic E-state index is 0.140. The highest BCUT2D eigenvalue weighted by Crippen LogP contribution is 2.44. The summed E-state index contributed by atoms with van der Waals surface area (Å²) < 4.78 is 32.4. The Hall–Kier alpha value is -4.34. The predicted molar refractivity (Wildman–Crippen MR) is 125 cm³/mol. The van der Waals surface area contributed by atoms with Crippen molar-refractivity contribution in [1.82, 2.24) is 0 Å². The molecule has 0 saturated heterocycles. The van der Waals surface area contributed by atoms with Crippen molar-refractivity contribution in [3.63, 3.8) is 0 Å². The lowest BCUT2D eigenvalue weighted by molar-refractivity contribution is -0.122. The van der Waals surface area contributed by atoms with Crippen molar-refractivity contribution in [3.05, 3.63) is 63.7 Å². The van der Waals surface area contributed by atoms with Crippen LogP contribution in [-0.4, -0.2) is 45.6 Å². The molecule has 1 aliphatic rings. The summed E-state index contributed by atoms with van der Waals surface area (Å²) in [4.78, 5) is 26.2. The second kappa shape index (κ2) is 9.49. The summed E-state index contributed by atoms with van der Waals surface area (Å²) in [6.45, 7) is 1.61. The highest BCUT2D eigenvalue weighted by atomic mass is 16.5. The third-order valence-electron chi connectivity index (χ3n) is 5.69. The smallest absolute Gasteiger partial charge is 0.343 e. The normalized spacial score (nSPS) is 16.1. The van der Waals surface area contributed by atoms with Crippen molar-refractivity contribution < 1.29 is 38.0 Å². The molecule has 2 aromatic carbocycles. The van der Waals surface area contributed by atoms with Crippen molar-refractivity contribution in [2.75, 3.05) is 33.8 Å². The Kier molecular flexibility index (Phi) is 6.46. The number of aromatic hydroxyl groups is 1. The summed E-state index contributed by atoms with van der Waals surface area (Å²) in [6, 6.07) is 9.34. The first kappa shape index (κ1) is 23.8. The average molecular weight is 483 g/mol. The number of aryl methyl sites for hydroxylation is 1.